The summed E-state index contributed by atoms with van der Waals surface area (Å²) in [6.07, 6.45) is 7.58. The molecule has 0 aliphatic carbocycles. The Hall–Kier alpha value is -2.02. The van der Waals surface area contributed by atoms with Crippen molar-refractivity contribution < 1.29 is 24.6 Å². The first-order valence-electron chi connectivity index (χ1n) is 10.3. The Morgan fingerprint density at radius 1 is 0.897 bits per heavy atom. The molecule has 1 unspecified atom stereocenters. The number of carbonyl (C=O) groups is 3. The van der Waals surface area contributed by atoms with E-state index in [2.05, 4.69) is 5.32 Å². The van der Waals surface area contributed by atoms with Crippen LogP contribution < -0.4 is 5.32 Å². The number of thioether (sulfide) groups is 1. The van der Waals surface area contributed by atoms with E-state index in [0.29, 0.717) is 12.2 Å². The highest BCUT2D eigenvalue weighted by Gasteiger charge is 2.11. The molecule has 29 heavy (non-hydrogen) atoms. The van der Waals surface area contributed by atoms with Gasteiger partial charge in [0.25, 0.3) is 0 Å². The molecule has 7 heteroatoms. The third kappa shape index (κ3) is 12.9. The third-order valence-corrected chi connectivity index (χ3v) is 5.90. The highest BCUT2D eigenvalue weighted by atomic mass is 32.2. The first-order valence-corrected chi connectivity index (χ1v) is 11.3. The van der Waals surface area contributed by atoms with Crippen molar-refractivity contribution in [2.45, 2.75) is 76.0 Å². The Labute approximate surface area is 177 Å². The second kappa shape index (κ2) is 14.9. The van der Waals surface area contributed by atoms with E-state index in [-0.39, 0.29) is 24.7 Å². The van der Waals surface area contributed by atoms with Crippen LogP contribution >= 0.6 is 11.8 Å². The Bertz CT molecular complexity index is 650. The molecular formula is C22H33NO5S. The zero-order chi connectivity index (χ0) is 21.5. The minimum absolute atomic E-state index is 0.00177. The van der Waals surface area contributed by atoms with Crippen LogP contribution in [0.3, 0.4) is 0 Å². The number of carboxylic acid groups (broad SMARTS) is 2. The van der Waals surface area contributed by atoms with E-state index in [9.17, 15) is 14.4 Å². The molecule has 0 radical (unpaired) electrons. The van der Waals surface area contributed by atoms with Gasteiger partial charge in [0.15, 0.2) is 0 Å². The first-order chi connectivity index (χ1) is 13.9. The van der Waals surface area contributed by atoms with E-state index in [1.165, 1.54) is 0 Å². The van der Waals surface area contributed by atoms with Crippen LogP contribution in [0, 0.1) is 5.92 Å². The normalized spacial score (nSPS) is 11.8. The average molecular weight is 424 g/mol. The maximum atomic E-state index is 12.2. The van der Waals surface area contributed by atoms with E-state index in [4.69, 9.17) is 10.2 Å². The molecule has 1 atom stereocenters. The van der Waals surface area contributed by atoms with Crippen LogP contribution in [-0.4, -0.2) is 33.8 Å². The molecule has 6 nitrogen and oxygen atoms in total. The molecule has 0 fully saturated rings. The number of rotatable bonds is 16. The lowest BCUT2D eigenvalue weighted by Crippen LogP contribution is -2.12. The van der Waals surface area contributed by atoms with Gasteiger partial charge in [-0.1, -0.05) is 51.2 Å². The number of nitrogens with one attached hydrogen (secondary N) is 1. The number of amides is 1. The lowest BCUT2D eigenvalue weighted by molar-refractivity contribution is -0.138. The number of carbonyl (C=O) groups excluding carboxylic acids is 1. The number of anilines is 1. The second-order valence-corrected chi connectivity index (χ2v) is 8.49. The van der Waals surface area contributed by atoms with Crippen LogP contribution in [0.15, 0.2) is 29.2 Å². The molecule has 0 bridgehead atoms. The standard InChI is InChI=1S/C22H33NO5S/c1-17(15-22(27)28)16-29-19-12-10-9-11-18(19)23-20(24)13-7-5-3-2-4-6-8-14-21(25)26/h9-12,17H,2-8,13-16H2,1H3,(H,23,24)(H,25,26)(H,27,28). The molecule has 1 amide bonds. The largest absolute Gasteiger partial charge is 0.481 e. The van der Waals surface area contributed by atoms with Crippen molar-refractivity contribution in [3.63, 3.8) is 0 Å². The van der Waals surface area contributed by atoms with Gasteiger partial charge in [0, 0.05) is 29.9 Å². The molecule has 162 valence electrons. The number of unbranched alkanes of at least 4 members (excludes halogenated alkanes) is 6. The number of hydrogen-bond donors (Lipinski definition) is 3. The summed E-state index contributed by atoms with van der Waals surface area (Å²) in [5, 5.41) is 20.4. The van der Waals surface area contributed by atoms with Gasteiger partial charge in [-0.2, -0.15) is 0 Å². The monoisotopic (exact) mass is 423 g/mol. The molecule has 0 spiro atoms. The van der Waals surface area contributed by atoms with E-state index < -0.39 is 11.9 Å². The van der Waals surface area contributed by atoms with Crippen LogP contribution in [0.1, 0.15) is 71.1 Å². The van der Waals surface area contributed by atoms with Crippen molar-refractivity contribution in [2.75, 3.05) is 11.1 Å². The van der Waals surface area contributed by atoms with Crippen molar-refractivity contribution >= 4 is 35.3 Å². The minimum Gasteiger partial charge on any atom is -0.481 e. The maximum Gasteiger partial charge on any atom is 0.303 e. The number of hydrogen-bond acceptors (Lipinski definition) is 4. The van der Waals surface area contributed by atoms with Crippen molar-refractivity contribution in [3.8, 4) is 0 Å². The summed E-state index contributed by atoms with van der Waals surface area (Å²) in [6, 6.07) is 7.61. The minimum atomic E-state index is -0.792. The molecule has 1 aromatic rings. The van der Waals surface area contributed by atoms with Crippen molar-refractivity contribution in [2.24, 2.45) is 5.92 Å². The van der Waals surface area contributed by atoms with E-state index in [0.717, 1.165) is 55.5 Å². The molecule has 0 heterocycles. The summed E-state index contributed by atoms with van der Waals surface area (Å²) >= 11 is 1.57. The molecular weight excluding hydrogens is 390 g/mol. The maximum absolute atomic E-state index is 12.2. The van der Waals surface area contributed by atoms with Crippen LogP contribution in [-0.2, 0) is 14.4 Å². The van der Waals surface area contributed by atoms with E-state index in [1.807, 2.05) is 31.2 Å². The Kier molecular flexibility index (Phi) is 12.9. The van der Waals surface area contributed by atoms with Crippen LogP contribution in [0.4, 0.5) is 5.69 Å². The fraction of sp³-hybridized carbons (Fsp3) is 0.591. The topological polar surface area (TPSA) is 104 Å². The van der Waals surface area contributed by atoms with E-state index >= 15 is 0 Å². The number of benzene rings is 1. The molecule has 1 aromatic carbocycles. The van der Waals surface area contributed by atoms with E-state index in [1.54, 1.807) is 11.8 Å². The van der Waals surface area contributed by atoms with Gasteiger partial charge < -0.3 is 15.5 Å². The summed E-state index contributed by atoms with van der Waals surface area (Å²) in [6.45, 7) is 1.91. The van der Waals surface area contributed by atoms with Gasteiger partial charge in [-0.05, 0) is 30.9 Å². The number of aliphatic carboxylic acids is 2. The lowest BCUT2D eigenvalue weighted by atomic mass is 10.1. The molecule has 1 rings (SSSR count). The number of para-hydroxylation sites is 1. The Balaban J connectivity index is 2.24. The van der Waals surface area contributed by atoms with Crippen molar-refractivity contribution in [3.05, 3.63) is 24.3 Å². The van der Waals surface area contributed by atoms with Gasteiger partial charge in [-0.3, -0.25) is 14.4 Å². The smallest absolute Gasteiger partial charge is 0.303 e. The predicted molar refractivity (Wildman–Crippen MR) is 116 cm³/mol. The van der Waals surface area contributed by atoms with Gasteiger partial charge in [0.05, 0.1) is 5.69 Å². The predicted octanol–water partition coefficient (Wildman–Crippen LogP) is 5.42. The SMILES string of the molecule is CC(CSc1ccccc1NC(=O)CCCCCCCCCC(=O)O)CC(=O)O. The molecule has 0 saturated carbocycles. The van der Waals surface area contributed by atoms with Gasteiger partial charge in [-0.25, -0.2) is 0 Å². The average Bonchev–Trinajstić information content (AvgIpc) is 2.65. The fourth-order valence-corrected chi connectivity index (χ4v) is 3.97. The molecule has 3 N–H and O–H groups in total. The second-order valence-electron chi connectivity index (χ2n) is 7.43. The summed E-state index contributed by atoms with van der Waals surface area (Å²) in [5.41, 5.74) is 0.781. The highest BCUT2D eigenvalue weighted by Crippen LogP contribution is 2.29. The zero-order valence-electron chi connectivity index (χ0n) is 17.2. The fourth-order valence-electron chi connectivity index (χ4n) is 2.94. The molecule has 0 aliphatic heterocycles. The van der Waals surface area contributed by atoms with Gasteiger partial charge in [0.2, 0.25) is 5.91 Å². The third-order valence-electron chi connectivity index (χ3n) is 4.50. The quantitative estimate of drug-likeness (QED) is 0.242. The highest BCUT2D eigenvalue weighted by molar-refractivity contribution is 7.99. The van der Waals surface area contributed by atoms with Crippen LogP contribution in [0.2, 0.25) is 0 Å². The van der Waals surface area contributed by atoms with Gasteiger partial charge in [-0.15, -0.1) is 11.8 Å². The first kappa shape index (κ1) is 25.0. The summed E-state index contributed by atoms with van der Waals surface area (Å²) in [4.78, 5) is 34.4. The molecule has 0 aromatic heterocycles. The Morgan fingerprint density at radius 2 is 1.48 bits per heavy atom. The van der Waals surface area contributed by atoms with Crippen molar-refractivity contribution in [1.82, 2.24) is 0 Å². The Morgan fingerprint density at radius 3 is 2.10 bits per heavy atom. The zero-order valence-corrected chi connectivity index (χ0v) is 18.0. The number of carboxylic acids is 2. The molecule has 0 aliphatic rings. The lowest BCUT2D eigenvalue weighted by Gasteiger charge is -2.13. The summed E-state index contributed by atoms with van der Waals surface area (Å²) < 4.78 is 0. The van der Waals surface area contributed by atoms with Crippen LogP contribution in [0.25, 0.3) is 0 Å². The molecule has 0 saturated heterocycles. The summed E-state index contributed by atoms with van der Waals surface area (Å²) in [5.74, 6) is -0.778. The van der Waals surface area contributed by atoms with Gasteiger partial charge in [0.1, 0.15) is 0 Å². The van der Waals surface area contributed by atoms with Crippen molar-refractivity contribution in [1.29, 1.82) is 0 Å². The van der Waals surface area contributed by atoms with Crippen LogP contribution in [0.5, 0.6) is 0 Å². The van der Waals surface area contributed by atoms with Gasteiger partial charge >= 0.3 is 11.9 Å². The summed E-state index contributed by atoms with van der Waals surface area (Å²) in [7, 11) is 0.